The number of carbonyl (C=O) groups is 3. The SMILES string of the molecule is CN(Cc1ccccc1)CC(NC(=O)OCC1c2ccccc2-c2ccccc21)C(=O)N(C)Cc1ccc(C(=O)O)o1. The molecule has 0 spiro atoms. The number of nitrogens with one attached hydrogen (secondary N) is 1. The van der Waals surface area contributed by atoms with Crippen LogP contribution >= 0.6 is 0 Å². The molecule has 0 radical (unpaired) electrons. The molecule has 1 aromatic heterocycles. The molecular weight excluding hydrogens is 534 g/mol. The summed E-state index contributed by atoms with van der Waals surface area (Å²) in [5.41, 5.74) is 5.52. The smallest absolute Gasteiger partial charge is 0.407 e. The Labute approximate surface area is 244 Å². The summed E-state index contributed by atoms with van der Waals surface area (Å²) in [6.07, 6.45) is -0.692. The number of likely N-dealkylation sites (N-methyl/N-ethyl adjacent to an activating group) is 2. The van der Waals surface area contributed by atoms with Gasteiger partial charge in [-0.3, -0.25) is 9.69 Å². The zero-order valence-electron chi connectivity index (χ0n) is 23.5. The molecule has 0 fully saturated rings. The number of rotatable bonds is 11. The standard InChI is InChI=1S/C33H33N3O6/c1-35(18-22-10-4-3-5-11-22)20-29(31(37)36(2)19-23-16-17-30(42-23)32(38)39)34-33(40)41-21-28-26-14-8-6-12-24(26)25-13-7-9-15-27(25)28/h3-17,28-29H,18-21H2,1-2H3,(H,34,40)(H,38,39). The zero-order chi connectivity index (χ0) is 29.6. The van der Waals surface area contributed by atoms with E-state index in [0.29, 0.717) is 12.3 Å². The highest BCUT2D eigenvalue weighted by molar-refractivity contribution is 5.86. The number of benzene rings is 3. The van der Waals surface area contributed by atoms with Gasteiger partial charge < -0.3 is 24.5 Å². The van der Waals surface area contributed by atoms with Crippen molar-refractivity contribution in [2.45, 2.75) is 25.0 Å². The van der Waals surface area contributed by atoms with Gasteiger partial charge in [-0.1, -0.05) is 78.9 Å². The molecule has 0 saturated heterocycles. The van der Waals surface area contributed by atoms with Crippen molar-refractivity contribution in [1.82, 2.24) is 15.1 Å². The molecule has 1 heterocycles. The van der Waals surface area contributed by atoms with Gasteiger partial charge in [0.1, 0.15) is 18.4 Å². The first-order chi connectivity index (χ1) is 20.3. The fourth-order valence-electron chi connectivity index (χ4n) is 5.39. The molecule has 2 N–H and O–H groups in total. The van der Waals surface area contributed by atoms with Crippen LogP contribution in [0.1, 0.15) is 38.9 Å². The maximum atomic E-state index is 13.6. The molecule has 0 saturated carbocycles. The molecule has 1 aliphatic carbocycles. The minimum atomic E-state index is -1.19. The normalized spacial score (nSPS) is 12.8. The monoisotopic (exact) mass is 567 g/mol. The van der Waals surface area contributed by atoms with Gasteiger partial charge in [0.25, 0.3) is 0 Å². The van der Waals surface area contributed by atoms with Crippen LogP contribution in [0.25, 0.3) is 11.1 Å². The molecule has 0 aliphatic heterocycles. The third kappa shape index (κ3) is 6.53. The first-order valence-corrected chi connectivity index (χ1v) is 13.7. The lowest BCUT2D eigenvalue weighted by atomic mass is 9.98. The van der Waals surface area contributed by atoms with Gasteiger partial charge in [0.2, 0.25) is 11.7 Å². The molecular formula is C33H33N3O6. The second kappa shape index (κ2) is 12.7. The Morgan fingerprint density at radius 3 is 2.10 bits per heavy atom. The Bertz CT molecular complexity index is 1520. The lowest BCUT2D eigenvalue weighted by Crippen LogP contribution is -2.52. The molecule has 9 heteroatoms. The van der Waals surface area contributed by atoms with E-state index in [-0.39, 0.29) is 37.3 Å². The van der Waals surface area contributed by atoms with Crippen LogP contribution in [0.5, 0.6) is 0 Å². The van der Waals surface area contributed by atoms with E-state index in [2.05, 4.69) is 17.4 Å². The van der Waals surface area contributed by atoms with Gasteiger partial charge in [0.15, 0.2) is 0 Å². The van der Waals surface area contributed by atoms with Crippen molar-refractivity contribution in [3.05, 3.63) is 119 Å². The Kier molecular flexibility index (Phi) is 8.68. The molecule has 4 aromatic rings. The van der Waals surface area contributed by atoms with Gasteiger partial charge in [-0.2, -0.15) is 0 Å². The topological polar surface area (TPSA) is 112 Å². The van der Waals surface area contributed by atoms with Crippen LogP contribution < -0.4 is 5.32 Å². The van der Waals surface area contributed by atoms with Gasteiger partial charge >= 0.3 is 12.1 Å². The molecule has 1 unspecified atom stereocenters. The van der Waals surface area contributed by atoms with Gasteiger partial charge in [-0.25, -0.2) is 9.59 Å². The highest BCUT2D eigenvalue weighted by Crippen LogP contribution is 2.44. The van der Waals surface area contributed by atoms with Gasteiger partial charge in [0, 0.05) is 26.1 Å². The van der Waals surface area contributed by atoms with Crippen molar-refractivity contribution in [3.8, 4) is 11.1 Å². The van der Waals surface area contributed by atoms with Crippen molar-refractivity contribution in [3.63, 3.8) is 0 Å². The van der Waals surface area contributed by atoms with E-state index in [1.165, 1.54) is 17.0 Å². The van der Waals surface area contributed by atoms with Crippen molar-refractivity contribution in [1.29, 1.82) is 0 Å². The number of aromatic carboxylic acids is 1. The predicted octanol–water partition coefficient (Wildman–Crippen LogP) is 4.98. The van der Waals surface area contributed by atoms with E-state index in [1.807, 2.05) is 78.7 Å². The zero-order valence-corrected chi connectivity index (χ0v) is 23.5. The molecule has 216 valence electrons. The van der Waals surface area contributed by atoms with Crippen LogP contribution in [-0.2, 0) is 22.6 Å². The Morgan fingerprint density at radius 1 is 0.857 bits per heavy atom. The molecule has 1 aliphatic rings. The lowest BCUT2D eigenvalue weighted by molar-refractivity contribution is -0.133. The number of carboxylic acids is 1. The second-order valence-corrected chi connectivity index (χ2v) is 10.5. The van der Waals surface area contributed by atoms with Crippen LogP contribution in [0.2, 0.25) is 0 Å². The number of carbonyl (C=O) groups excluding carboxylic acids is 2. The summed E-state index contributed by atoms with van der Waals surface area (Å²) in [7, 11) is 3.45. The van der Waals surface area contributed by atoms with Crippen LogP contribution in [-0.4, -0.2) is 66.2 Å². The van der Waals surface area contributed by atoms with Gasteiger partial charge in [-0.05, 0) is 47.0 Å². The summed E-state index contributed by atoms with van der Waals surface area (Å²) < 4.78 is 11.0. The van der Waals surface area contributed by atoms with E-state index >= 15 is 0 Å². The summed E-state index contributed by atoms with van der Waals surface area (Å²) in [4.78, 5) is 41.2. The number of carboxylic acid groups (broad SMARTS) is 1. The number of alkyl carbamates (subject to hydrolysis) is 1. The molecule has 9 nitrogen and oxygen atoms in total. The maximum absolute atomic E-state index is 13.6. The third-order valence-electron chi connectivity index (χ3n) is 7.37. The predicted molar refractivity (Wildman–Crippen MR) is 157 cm³/mol. The molecule has 5 rings (SSSR count). The van der Waals surface area contributed by atoms with E-state index in [9.17, 15) is 14.4 Å². The second-order valence-electron chi connectivity index (χ2n) is 10.5. The molecule has 0 bridgehead atoms. The summed E-state index contributed by atoms with van der Waals surface area (Å²) in [5, 5.41) is 11.9. The number of furan rings is 1. The Hall–Kier alpha value is -4.89. The Morgan fingerprint density at radius 2 is 1.48 bits per heavy atom. The highest BCUT2D eigenvalue weighted by atomic mass is 16.5. The summed E-state index contributed by atoms with van der Waals surface area (Å²) in [5.74, 6) is -1.55. The van der Waals surface area contributed by atoms with E-state index in [0.717, 1.165) is 27.8 Å². The first kappa shape index (κ1) is 28.6. The maximum Gasteiger partial charge on any atom is 0.407 e. The molecule has 42 heavy (non-hydrogen) atoms. The number of amides is 2. The largest absolute Gasteiger partial charge is 0.475 e. The van der Waals surface area contributed by atoms with Crippen LogP contribution in [0, 0.1) is 0 Å². The number of hydrogen-bond donors (Lipinski definition) is 2. The van der Waals surface area contributed by atoms with Crippen LogP contribution in [0.4, 0.5) is 4.79 Å². The van der Waals surface area contributed by atoms with Crippen molar-refractivity contribution < 1.29 is 28.6 Å². The fraction of sp³-hybridized carbons (Fsp3) is 0.242. The fourth-order valence-corrected chi connectivity index (χ4v) is 5.39. The van der Waals surface area contributed by atoms with Crippen LogP contribution in [0.15, 0.2) is 95.4 Å². The Balaban J connectivity index is 1.27. The summed E-state index contributed by atoms with van der Waals surface area (Å²) >= 11 is 0. The quantitative estimate of drug-likeness (QED) is 0.263. The van der Waals surface area contributed by atoms with E-state index in [4.69, 9.17) is 14.3 Å². The van der Waals surface area contributed by atoms with Gasteiger partial charge in [0.05, 0.1) is 6.54 Å². The van der Waals surface area contributed by atoms with E-state index in [1.54, 1.807) is 7.05 Å². The average molecular weight is 568 g/mol. The minimum Gasteiger partial charge on any atom is -0.475 e. The third-order valence-corrected chi connectivity index (χ3v) is 7.37. The number of fused-ring (bicyclic) bond motifs is 3. The average Bonchev–Trinajstić information content (AvgIpc) is 3.59. The van der Waals surface area contributed by atoms with Gasteiger partial charge in [-0.15, -0.1) is 0 Å². The highest BCUT2D eigenvalue weighted by Gasteiger charge is 2.31. The molecule has 3 aromatic carbocycles. The molecule has 2 amide bonds. The first-order valence-electron chi connectivity index (χ1n) is 13.7. The van der Waals surface area contributed by atoms with Crippen molar-refractivity contribution >= 4 is 18.0 Å². The number of nitrogens with zero attached hydrogens (tertiary/aromatic N) is 2. The van der Waals surface area contributed by atoms with Crippen LogP contribution in [0.3, 0.4) is 0 Å². The van der Waals surface area contributed by atoms with E-state index < -0.39 is 18.1 Å². The number of hydrogen-bond acceptors (Lipinski definition) is 6. The minimum absolute atomic E-state index is 0.0391. The molecule has 1 atom stereocenters. The van der Waals surface area contributed by atoms with Crippen molar-refractivity contribution in [2.24, 2.45) is 0 Å². The lowest BCUT2D eigenvalue weighted by Gasteiger charge is -2.28. The van der Waals surface area contributed by atoms with Crippen molar-refractivity contribution in [2.75, 3.05) is 27.2 Å². The summed E-state index contributed by atoms with van der Waals surface area (Å²) in [6, 6.07) is 27.9. The summed E-state index contributed by atoms with van der Waals surface area (Å²) in [6.45, 7) is 0.958. The number of ether oxygens (including phenoxy) is 1.